The lowest BCUT2D eigenvalue weighted by atomic mass is 9.74. The highest BCUT2D eigenvalue weighted by molar-refractivity contribution is 4.98. The Bertz CT molecular complexity index is 298. The minimum atomic E-state index is -4.07. The van der Waals surface area contributed by atoms with Crippen LogP contribution in [-0.4, -0.2) is 36.2 Å². The second kappa shape index (κ2) is 6.65. The van der Waals surface area contributed by atoms with E-state index in [1.807, 2.05) is 0 Å². The summed E-state index contributed by atoms with van der Waals surface area (Å²) in [5.74, 6) is -1.16. The smallest absolute Gasteiger partial charge is 0.329 e. The van der Waals surface area contributed by atoms with E-state index in [0.29, 0.717) is 13.0 Å². The van der Waals surface area contributed by atoms with Crippen molar-refractivity contribution in [1.82, 2.24) is 4.90 Å². The van der Waals surface area contributed by atoms with Gasteiger partial charge < -0.3 is 5.73 Å². The van der Waals surface area contributed by atoms with Gasteiger partial charge in [-0.2, -0.15) is 13.2 Å². The Hall–Kier alpha value is -0.290. The van der Waals surface area contributed by atoms with Gasteiger partial charge in [0.1, 0.15) is 0 Å². The fraction of sp³-hybridized carbons (Fsp3) is 1.00. The number of alkyl halides is 3. The maximum atomic E-state index is 13.1. The molecule has 20 heavy (non-hydrogen) atoms. The van der Waals surface area contributed by atoms with Crippen molar-refractivity contribution >= 4 is 0 Å². The summed E-state index contributed by atoms with van der Waals surface area (Å²) in [7, 11) is 0. The summed E-state index contributed by atoms with van der Waals surface area (Å²) in [5.41, 5.74) is 5.55. The van der Waals surface area contributed by atoms with Crippen LogP contribution in [0.3, 0.4) is 0 Å². The number of likely N-dealkylation sites (tertiary alicyclic amines) is 1. The van der Waals surface area contributed by atoms with E-state index in [-0.39, 0.29) is 12.8 Å². The average molecular weight is 292 g/mol. The summed E-state index contributed by atoms with van der Waals surface area (Å²) in [5, 5.41) is 0. The molecule has 2 unspecified atom stereocenters. The lowest BCUT2D eigenvalue weighted by molar-refractivity contribution is -0.193. The van der Waals surface area contributed by atoms with Gasteiger partial charge in [0.05, 0.1) is 5.92 Å². The quantitative estimate of drug-likeness (QED) is 0.841. The number of halogens is 3. The molecule has 0 aromatic heterocycles. The van der Waals surface area contributed by atoms with Crippen LogP contribution in [0.1, 0.15) is 57.8 Å². The molecule has 2 rings (SSSR count). The number of nitrogens with two attached hydrogens (primary N) is 1. The van der Waals surface area contributed by atoms with Crippen LogP contribution < -0.4 is 5.73 Å². The molecule has 1 saturated heterocycles. The first kappa shape index (κ1) is 16.1. The monoisotopic (exact) mass is 292 g/mol. The van der Waals surface area contributed by atoms with E-state index in [1.165, 1.54) is 19.3 Å². The first-order valence-corrected chi connectivity index (χ1v) is 8.00. The second-order valence-corrected chi connectivity index (χ2v) is 6.52. The Morgan fingerprint density at radius 3 is 2.15 bits per heavy atom. The molecule has 1 heterocycles. The number of rotatable bonds is 2. The molecule has 2 aliphatic rings. The molecule has 5 heteroatoms. The van der Waals surface area contributed by atoms with E-state index in [1.54, 1.807) is 0 Å². The van der Waals surface area contributed by atoms with Gasteiger partial charge in [0.25, 0.3) is 0 Å². The summed E-state index contributed by atoms with van der Waals surface area (Å²) >= 11 is 0. The molecule has 0 amide bonds. The Morgan fingerprint density at radius 2 is 1.60 bits per heavy atom. The van der Waals surface area contributed by atoms with E-state index in [2.05, 4.69) is 4.90 Å². The van der Waals surface area contributed by atoms with Crippen LogP contribution in [0, 0.1) is 5.92 Å². The molecule has 1 saturated carbocycles. The van der Waals surface area contributed by atoms with E-state index < -0.39 is 17.6 Å². The van der Waals surface area contributed by atoms with Crippen LogP contribution in [0.5, 0.6) is 0 Å². The Kier molecular flexibility index (Phi) is 5.35. The third kappa shape index (κ3) is 3.67. The van der Waals surface area contributed by atoms with Crippen molar-refractivity contribution in [3.63, 3.8) is 0 Å². The molecule has 0 bridgehead atoms. The van der Waals surface area contributed by atoms with Gasteiger partial charge in [0, 0.05) is 12.1 Å². The maximum absolute atomic E-state index is 13.1. The van der Waals surface area contributed by atoms with Crippen molar-refractivity contribution < 1.29 is 13.2 Å². The summed E-state index contributed by atoms with van der Waals surface area (Å²) in [4.78, 5) is 2.30. The van der Waals surface area contributed by atoms with Crippen molar-refractivity contribution in [2.75, 3.05) is 19.6 Å². The second-order valence-electron chi connectivity index (χ2n) is 6.52. The van der Waals surface area contributed by atoms with Crippen LogP contribution >= 0.6 is 0 Å². The van der Waals surface area contributed by atoms with Crippen LogP contribution in [0.4, 0.5) is 13.2 Å². The number of hydrogen-bond donors (Lipinski definition) is 1. The Morgan fingerprint density at radius 1 is 1.00 bits per heavy atom. The van der Waals surface area contributed by atoms with Crippen LogP contribution in [0.15, 0.2) is 0 Å². The topological polar surface area (TPSA) is 29.3 Å². The molecule has 0 aromatic carbocycles. The van der Waals surface area contributed by atoms with E-state index in [4.69, 9.17) is 5.73 Å². The van der Waals surface area contributed by atoms with Gasteiger partial charge in [-0.15, -0.1) is 0 Å². The fourth-order valence-corrected chi connectivity index (χ4v) is 3.94. The molecule has 2 N–H and O–H groups in total. The van der Waals surface area contributed by atoms with Gasteiger partial charge in [-0.25, -0.2) is 0 Å². The van der Waals surface area contributed by atoms with Gasteiger partial charge in [0.2, 0.25) is 0 Å². The summed E-state index contributed by atoms with van der Waals surface area (Å²) in [6, 6.07) is 0. The molecule has 0 radical (unpaired) electrons. The molecular weight excluding hydrogens is 265 g/mol. The molecule has 2 atom stereocenters. The van der Waals surface area contributed by atoms with Crippen molar-refractivity contribution in [3.05, 3.63) is 0 Å². The number of hydrogen-bond acceptors (Lipinski definition) is 2. The molecule has 2 nitrogen and oxygen atoms in total. The minimum Gasteiger partial charge on any atom is -0.329 e. The van der Waals surface area contributed by atoms with Crippen molar-refractivity contribution in [3.8, 4) is 0 Å². The first-order chi connectivity index (χ1) is 9.48. The molecule has 0 aromatic rings. The van der Waals surface area contributed by atoms with Gasteiger partial charge >= 0.3 is 6.18 Å². The van der Waals surface area contributed by atoms with E-state index in [0.717, 1.165) is 32.4 Å². The first-order valence-electron chi connectivity index (χ1n) is 8.00. The number of nitrogens with zero attached hydrogens (tertiary/aromatic N) is 1. The Labute approximate surface area is 119 Å². The molecule has 1 aliphatic heterocycles. The average Bonchev–Trinajstić information content (AvgIpc) is 2.37. The Balaban J connectivity index is 2.10. The highest BCUT2D eigenvalue weighted by Crippen LogP contribution is 2.44. The third-order valence-corrected chi connectivity index (χ3v) is 5.19. The summed E-state index contributed by atoms with van der Waals surface area (Å²) in [6.45, 7) is 2.20. The van der Waals surface area contributed by atoms with Crippen molar-refractivity contribution in [2.24, 2.45) is 11.7 Å². The zero-order chi connectivity index (χ0) is 14.6. The van der Waals surface area contributed by atoms with Gasteiger partial charge in [-0.05, 0) is 45.2 Å². The van der Waals surface area contributed by atoms with E-state index >= 15 is 0 Å². The van der Waals surface area contributed by atoms with Gasteiger partial charge in [-0.3, -0.25) is 4.90 Å². The summed E-state index contributed by atoms with van der Waals surface area (Å²) in [6.07, 6.45) is 3.73. The third-order valence-electron chi connectivity index (χ3n) is 5.19. The summed E-state index contributed by atoms with van der Waals surface area (Å²) < 4.78 is 39.2. The molecule has 118 valence electrons. The predicted molar refractivity (Wildman–Crippen MR) is 74.5 cm³/mol. The SMILES string of the molecule is NCC1(N2CCCCCCC2)CCCC(C(F)(F)F)C1. The lowest BCUT2D eigenvalue weighted by Gasteiger charge is -2.49. The predicted octanol–water partition coefficient (Wildman–Crippen LogP) is 3.70. The van der Waals surface area contributed by atoms with Crippen LogP contribution in [-0.2, 0) is 0 Å². The molecule has 0 spiro atoms. The standard InChI is InChI=1S/C15H27F3N2/c16-15(17,18)13-7-6-8-14(11-13,12-19)20-9-4-2-1-3-5-10-20/h13H,1-12,19H2. The zero-order valence-electron chi connectivity index (χ0n) is 12.2. The minimum absolute atomic E-state index is 0.201. The molecular formula is C15H27F3N2. The maximum Gasteiger partial charge on any atom is 0.391 e. The highest BCUT2D eigenvalue weighted by atomic mass is 19.4. The highest BCUT2D eigenvalue weighted by Gasteiger charge is 2.49. The van der Waals surface area contributed by atoms with Crippen molar-refractivity contribution in [1.29, 1.82) is 0 Å². The van der Waals surface area contributed by atoms with Crippen molar-refractivity contribution in [2.45, 2.75) is 69.5 Å². The zero-order valence-corrected chi connectivity index (χ0v) is 12.2. The normalized spacial score (nSPS) is 34.5. The van der Waals surface area contributed by atoms with Gasteiger partial charge in [-0.1, -0.05) is 25.7 Å². The van der Waals surface area contributed by atoms with Crippen LogP contribution in [0.25, 0.3) is 0 Å². The van der Waals surface area contributed by atoms with E-state index in [9.17, 15) is 13.2 Å². The largest absolute Gasteiger partial charge is 0.391 e. The fourth-order valence-electron chi connectivity index (χ4n) is 3.94. The van der Waals surface area contributed by atoms with Crippen LogP contribution in [0.2, 0.25) is 0 Å². The molecule has 2 fully saturated rings. The lowest BCUT2D eigenvalue weighted by Crippen LogP contribution is -2.58. The molecule has 1 aliphatic carbocycles. The van der Waals surface area contributed by atoms with Gasteiger partial charge in [0.15, 0.2) is 0 Å².